The largest absolute Gasteiger partial charge is 0.383 e. The van der Waals surface area contributed by atoms with Gasteiger partial charge < -0.3 is 9.30 Å². The van der Waals surface area contributed by atoms with Crippen LogP contribution in [0.1, 0.15) is 18.3 Å². The van der Waals surface area contributed by atoms with E-state index in [1.165, 1.54) is 18.7 Å². The zero-order chi connectivity index (χ0) is 18.1. The highest BCUT2D eigenvalue weighted by molar-refractivity contribution is 7.99. The zero-order valence-electron chi connectivity index (χ0n) is 14.2. The molecule has 0 aliphatic heterocycles. The van der Waals surface area contributed by atoms with Crippen LogP contribution < -0.4 is 10.9 Å². The van der Waals surface area contributed by atoms with Gasteiger partial charge in [0.1, 0.15) is 5.82 Å². The van der Waals surface area contributed by atoms with Gasteiger partial charge in [0.15, 0.2) is 5.16 Å². The maximum Gasteiger partial charge on any atom is 0.248 e. The number of rotatable bonds is 8. The van der Waals surface area contributed by atoms with E-state index in [1.54, 1.807) is 7.11 Å². The van der Waals surface area contributed by atoms with Crippen molar-refractivity contribution in [3.8, 4) is 0 Å². The molecule has 0 spiro atoms. The summed E-state index contributed by atoms with van der Waals surface area (Å²) >= 11 is 1.26. The third-order valence-corrected chi connectivity index (χ3v) is 4.19. The van der Waals surface area contributed by atoms with Gasteiger partial charge in [0.2, 0.25) is 11.8 Å². The molecule has 0 bridgehead atoms. The number of benzene rings is 1. The number of nitrogens with one attached hydrogen (secondary N) is 2. The van der Waals surface area contributed by atoms with Crippen LogP contribution in [-0.2, 0) is 27.3 Å². The number of carbonyl (C=O) groups is 2. The van der Waals surface area contributed by atoms with Crippen molar-refractivity contribution in [1.29, 1.82) is 0 Å². The van der Waals surface area contributed by atoms with Gasteiger partial charge in [-0.2, -0.15) is 0 Å². The van der Waals surface area contributed by atoms with E-state index in [4.69, 9.17) is 4.74 Å². The summed E-state index contributed by atoms with van der Waals surface area (Å²) in [7, 11) is 1.63. The average molecular weight is 363 g/mol. The van der Waals surface area contributed by atoms with Gasteiger partial charge >= 0.3 is 0 Å². The molecule has 0 saturated carbocycles. The maximum atomic E-state index is 11.7. The Kier molecular flexibility index (Phi) is 7.42. The number of nitrogens with zero attached hydrogens (tertiary/aromatic N) is 3. The number of hydrogen-bond donors (Lipinski definition) is 2. The normalized spacial score (nSPS) is 10.5. The molecule has 8 nitrogen and oxygen atoms in total. The van der Waals surface area contributed by atoms with Crippen LogP contribution in [0.2, 0.25) is 0 Å². The van der Waals surface area contributed by atoms with Crippen molar-refractivity contribution in [2.75, 3.05) is 19.5 Å². The molecule has 0 fully saturated rings. The van der Waals surface area contributed by atoms with Gasteiger partial charge in [0.25, 0.3) is 0 Å². The van der Waals surface area contributed by atoms with E-state index in [0.29, 0.717) is 24.7 Å². The highest BCUT2D eigenvalue weighted by Crippen LogP contribution is 2.18. The quantitative estimate of drug-likeness (QED) is 0.531. The minimum Gasteiger partial charge on any atom is -0.383 e. The van der Waals surface area contributed by atoms with Crippen LogP contribution in [0.3, 0.4) is 0 Å². The van der Waals surface area contributed by atoms with Crippen LogP contribution in [0.4, 0.5) is 0 Å². The van der Waals surface area contributed by atoms with Gasteiger partial charge in [-0.1, -0.05) is 42.1 Å². The van der Waals surface area contributed by atoms with E-state index in [9.17, 15) is 9.59 Å². The predicted molar refractivity (Wildman–Crippen MR) is 93.8 cm³/mol. The Morgan fingerprint density at radius 1 is 1.20 bits per heavy atom. The lowest BCUT2D eigenvalue weighted by Crippen LogP contribution is -2.41. The number of carbonyl (C=O) groups excluding carboxylic acids is 2. The van der Waals surface area contributed by atoms with Crippen molar-refractivity contribution in [2.24, 2.45) is 0 Å². The van der Waals surface area contributed by atoms with E-state index in [-0.39, 0.29) is 17.6 Å². The van der Waals surface area contributed by atoms with Crippen LogP contribution in [0.15, 0.2) is 35.5 Å². The minimum absolute atomic E-state index is 0.122. The number of aromatic nitrogens is 3. The number of methoxy groups -OCH3 is 1. The number of hydrogen-bond acceptors (Lipinski definition) is 6. The SMILES string of the molecule is COCCn1c(Cc2ccccc2)nnc1SCC(=O)NNC(C)=O. The smallest absolute Gasteiger partial charge is 0.248 e. The Hall–Kier alpha value is -2.39. The van der Waals surface area contributed by atoms with Crippen LogP contribution in [0.5, 0.6) is 0 Å². The topological polar surface area (TPSA) is 98.1 Å². The van der Waals surface area contributed by atoms with Crippen LogP contribution >= 0.6 is 11.8 Å². The van der Waals surface area contributed by atoms with Crippen molar-refractivity contribution in [3.05, 3.63) is 41.7 Å². The molecule has 2 N–H and O–H groups in total. The summed E-state index contributed by atoms with van der Waals surface area (Å²) in [6.07, 6.45) is 0.649. The second kappa shape index (κ2) is 9.80. The molecule has 0 aliphatic rings. The molecule has 1 aromatic heterocycles. The second-order valence-corrected chi connectivity index (χ2v) is 6.17. The molecule has 9 heteroatoms. The molecule has 0 atom stereocenters. The van der Waals surface area contributed by atoms with Crippen LogP contribution in [-0.4, -0.2) is 46.0 Å². The molecule has 2 amide bonds. The molecule has 1 aromatic carbocycles. The Morgan fingerprint density at radius 3 is 2.64 bits per heavy atom. The molecule has 1 heterocycles. The molecule has 2 aromatic rings. The lowest BCUT2D eigenvalue weighted by Gasteiger charge is -2.10. The number of ether oxygens (including phenoxy) is 1. The van der Waals surface area contributed by atoms with Crippen molar-refractivity contribution in [1.82, 2.24) is 25.6 Å². The second-order valence-electron chi connectivity index (χ2n) is 5.22. The Labute approximate surface area is 150 Å². The predicted octanol–water partition coefficient (Wildman–Crippen LogP) is 0.775. The molecule has 0 unspecified atom stereocenters. The molecule has 0 saturated heterocycles. The Balaban J connectivity index is 2.04. The molecule has 0 radical (unpaired) electrons. The van der Waals surface area contributed by atoms with Gasteiger partial charge in [0, 0.05) is 27.0 Å². The lowest BCUT2D eigenvalue weighted by atomic mass is 10.1. The third-order valence-electron chi connectivity index (χ3n) is 3.23. The van der Waals surface area contributed by atoms with Crippen LogP contribution in [0, 0.1) is 0 Å². The number of hydrazine groups is 1. The van der Waals surface area contributed by atoms with Crippen molar-refractivity contribution in [3.63, 3.8) is 0 Å². The van der Waals surface area contributed by atoms with E-state index in [2.05, 4.69) is 21.0 Å². The molecule has 2 rings (SSSR count). The molecular formula is C16H21N5O3S. The van der Waals surface area contributed by atoms with Gasteiger partial charge in [-0.15, -0.1) is 10.2 Å². The standard InChI is InChI=1S/C16H21N5O3S/c1-12(22)17-19-15(23)11-25-16-20-18-14(21(16)8-9-24-2)10-13-6-4-3-5-7-13/h3-7H,8-11H2,1-2H3,(H,17,22)(H,19,23). The fraction of sp³-hybridized carbons (Fsp3) is 0.375. The summed E-state index contributed by atoms with van der Waals surface area (Å²) in [5, 5.41) is 9.08. The van der Waals surface area contributed by atoms with Gasteiger partial charge in [0.05, 0.1) is 12.4 Å². The number of thioether (sulfide) groups is 1. The molecule has 25 heavy (non-hydrogen) atoms. The van der Waals surface area contributed by atoms with E-state index < -0.39 is 0 Å². The highest BCUT2D eigenvalue weighted by Gasteiger charge is 2.14. The van der Waals surface area contributed by atoms with Crippen LogP contribution in [0.25, 0.3) is 0 Å². The van der Waals surface area contributed by atoms with Crippen molar-refractivity contribution < 1.29 is 14.3 Å². The summed E-state index contributed by atoms with van der Waals surface area (Å²) in [6.45, 7) is 2.44. The first-order valence-electron chi connectivity index (χ1n) is 7.73. The first kappa shape index (κ1) is 18.9. The van der Waals surface area contributed by atoms with E-state index in [0.717, 1.165) is 11.4 Å². The van der Waals surface area contributed by atoms with Crippen molar-refractivity contribution in [2.45, 2.75) is 25.0 Å². The fourth-order valence-corrected chi connectivity index (χ4v) is 2.85. The number of amides is 2. The first-order chi connectivity index (χ1) is 12.1. The van der Waals surface area contributed by atoms with Crippen molar-refractivity contribution >= 4 is 23.6 Å². The summed E-state index contributed by atoms with van der Waals surface area (Å²) < 4.78 is 7.10. The summed E-state index contributed by atoms with van der Waals surface area (Å²) in [5.41, 5.74) is 5.71. The van der Waals surface area contributed by atoms with Gasteiger partial charge in [-0.3, -0.25) is 20.4 Å². The Bertz CT molecular complexity index is 705. The Morgan fingerprint density at radius 2 is 1.96 bits per heavy atom. The van der Waals surface area contributed by atoms with E-state index in [1.807, 2.05) is 34.9 Å². The fourth-order valence-electron chi connectivity index (χ4n) is 2.07. The summed E-state index contributed by atoms with van der Waals surface area (Å²) in [5.74, 6) is 0.294. The summed E-state index contributed by atoms with van der Waals surface area (Å²) in [4.78, 5) is 22.5. The van der Waals surface area contributed by atoms with Gasteiger partial charge in [-0.25, -0.2) is 0 Å². The highest BCUT2D eigenvalue weighted by atomic mass is 32.2. The minimum atomic E-state index is -0.327. The summed E-state index contributed by atoms with van der Waals surface area (Å²) in [6, 6.07) is 9.99. The zero-order valence-corrected chi connectivity index (χ0v) is 15.0. The molecule has 134 valence electrons. The average Bonchev–Trinajstić information content (AvgIpc) is 2.98. The molecular weight excluding hydrogens is 342 g/mol. The van der Waals surface area contributed by atoms with E-state index >= 15 is 0 Å². The first-order valence-corrected chi connectivity index (χ1v) is 8.72. The van der Waals surface area contributed by atoms with Gasteiger partial charge in [-0.05, 0) is 5.56 Å². The monoisotopic (exact) mass is 363 g/mol. The lowest BCUT2D eigenvalue weighted by molar-refractivity contribution is -0.126. The third kappa shape index (κ3) is 6.20. The maximum absolute atomic E-state index is 11.7. The molecule has 0 aliphatic carbocycles.